The van der Waals surface area contributed by atoms with E-state index in [1.807, 2.05) is 6.07 Å². The van der Waals surface area contributed by atoms with Crippen molar-refractivity contribution < 1.29 is 4.42 Å². The molecule has 1 aromatic carbocycles. The zero-order chi connectivity index (χ0) is 13.0. The number of fused-ring (bicyclic) bond motifs is 2. The summed E-state index contributed by atoms with van der Waals surface area (Å²) in [6.07, 6.45) is 1.73. The highest BCUT2D eigenvalue weighted by Gasteiger charge is 2.13. The molecule has 0 aliphatic rings. The molecule has 0 fully saturated rings. The van der Waals surface area contributed by atoms with Gasteiger partial charge < -0.3 is 4.42 Å². The molecule has 0 unspecified atom stereocenters. The molecular weight excluding hydrogens is 274 g/mol. The van der Waals surface area contributed by atoms with E-state index in [0.717, 1.165) is 20.8 Å². The minimum Gasteiger partial charge on any atom is -0.454 e. The van der Waals surface area contributed by atoms with Crippen molar-refractivity contribution in [1.29, 1.82) is 0 Å². The molecule has 0 aliphatic heterocycles. The van der Waals surface area contributed by atoms with E-state index in [4.69, 9.17) is 9.40 Å². The van der Waals surface area contributed by atoms with Crippen LogP contribution >= 0.6 is 22.7 Å². The summed E-state index contributed by atoms with van der Waals surface area (Å²) in [6.45, 7) is 4.26. The second-order valence-corrected chi connectivity index (χ2v) is 6.68. The average Bonchev–Trinajstić information content (AvgIpc) is 3.05. The van der Waals surface area contributed by atoms with Crippen molar-refractivity contribution in [2.24, 2.45) is 0 Å². The van der Waals surface area contributed by atoms with Gasteiger partial charge >= 0.3 is 0 Å². The Morgan fingerprint density at radius 3 is 2.68 bits per heavy atom. The highest BCUT2D eigenvalue weighted by molar-refractivity contribution is 7.27. The number of aromatic nitrogens is 1. The monoisotopic (exact) mass is 285 g/mol. The van der Waals surface area contributed by atoms with E-state index in [-0.39, 0.29) is 0 Å². The summed E-state index contributed by atoms with van der Waals surface area (Å²) in [4.78, 5) is 6.97. The zero-order valence-electron chi connectivity index (χ0n) is 10.6. The normalized spacial score (nSPS) is 11.7. The van der Waals surface area contributed by atoms with Gasteiger partial charge in [0.1, 0.15) is 5.01 Å². The number of thiazole rings is 1. The maximum Gasteiger partial charge on any atom is 0.188 e. The molecule has 0 aliphatic carbocycles. The molecule has 0 radical (unpaired) electrons. The number of aryl methyl sites for hydroxylation is 2. The third kappa shape index (κ3) is 1.64. The fourth-order valence-electron chi connectivity index (χ4n) is 2.24. The lowest BCUT2D eigenvalue weighted by Crippen LogP contribution is -1.78. The second-order valence-electron chi connectivity index (χ2n) is 4.67. The van der Waals surface area contributed by atoms with Crippen molar-refractivity contribution in [1.82, 2.24) is 4.98 Å². The molecule has 0 spiro atoms. The molecule has 0 saturated heterocycles. The van der Waals surface area contributed by atoms with Gasteiger partial charge in [0.25, 0.3) is 0 Å². The smallest absolute Gasteiger partial charge is 0.188 e. The van der Waals surface area contributed by atoms with Gasteiger partial charge in [-0.05, 0) is 37.1 Å². The van der Waals surface area contributed by atoms with Crippen molar-refractivity contribution in [2.45, 2.75) is 13.8 Å². The molecule has 0 amide bonds. The van der Waals surface area contributed by atoms with Gasteiger partial charge in [-0.1, -0.05) is 23.5 Å². The lowest BCUT2D eigenvalue weighted by molar-refractivity contribution is 0.624. The minimum atomic E-state index is 0.975. The molecule has 94 valence electrons. The van der Waals surface area contributed by atoms with E-state index >= 15 is 0 Å². The fraction of sp³-hybridized carbons (Fsp3) is 0.133. The number of benzene rings is 1. The highest BCUT2D eigenvalue weighted by atomic mass is 32.1. The van der Waals surface area contributed by atoms with Crippen molar-refractivity contribution in [3.8, 4) is 9.88 Å². The Morgan fingerprint density at radius 1 is 1.05 bits per heavy atom. The molecular formula is C15H11NOS2. The van der Waals surface area contributed by atoms with E-state index in [0.29, 0.717) is 0 Å². The summed E-state index contributed by atoms with van der Waals surface area (Å²) in [5, 5.41) is 2.25. The van der Waals surface area contributed by atoms with Crippen molar-refractivity contribution in [3.05, 3.63) is 41.7 Å². The third-order valence-corrected chi connectivity index (χ3v) is 5.70. The van der Waals surface area contributed by atoms with Crippen LogP contribution in [-0.2, 0) is 0 Å². The molecule has 3 aromatic heterocycles. The summed E-state index contributed by atoms with van der Waals surface area (Å²) in [5.41, 5.74) is 3.66. The Balaban J connectivity index is 1.98. The second kappa shape index (κ2) is 3.92. The lowest BCUT2D eigenvalue weighted by atomic mass is 10.1. The molecule has 4 heteroatoms. The van der Waals surface area contributed by atoms with Crippen LogP contribution < -0.4 is 0 Å². The Hall–Kier alpha value is -1.65. The van der Waals surface area contributed by atoms with Crippen LogP contribution in [-0.4, -0.2) is 4.98 Å². The van der Waals surface area contributed by atoms with Gasteiger partial charge in [-0.3, -0.25) is 0 Å². The first-order valence-electron chi connectivity index (χ1n) is 6.06. The summed E-state index contributed by atoms with van der Waals surface area (Å²) in [7, 11) is 0. The average molecular weight is 285 g/mol. The van der Waals surface area contributed by atoms with E-state index < -0.39 is 0 Å². The van der Waals surface area contributed by atoms with E-state index in [1.165, 1.54) is 20.7 Å². The predicted molar refractivity (Wildman–Crippen MR) is 82.2 cm³/mol. The SMILES string of the molecule is Cc1ccc(C)c2sc(-c3cc4ccoc4s3)nc12. The molecule has 0 bridgehead atoms. The summed E-state index contributed by atoms with van der Waals surface area (Å²) < 4.78 is 6.73. The molecule has 4 rings (SSSR count). The quantitative estimate of drug-likeness (QED) is 0.469. The van der Waals surface area contributed by atoms with E-state index in [9.17, 15) is 0 Å². The van der Waals surface area contributed by atoms with E-state index in [1.54, 1.807) is 28.9 Å². The van der Waals surface area contributed by atoms with Gasteiger partial charge in [-0.2, -0.15) is 0 Å². The van der Waals surface area contributed by atoms with Crippen LogP contribution in [0.4, 0.5) is 0 Å². The third-order valence-electron chi connectivity index (χ3n) is 3.30. The summed E-state index contributed by atoms with van der Waals surface area (Å²) in [5.74, 6) is 0. The Bertz CT molecular complexity index is 830. The Kier molecular flexibility index (Phi) is 2.31. The molecule has 0 atom stereocenters. The number of nitrogens with zero attached hydrogens (tertiary/aromatic N) is 1. The molecule has 3 heterocycles. The van der Waals surface area contributed by atoms with Crippen molar-refractivity contribution >= 4 is 43.2 Å². The van der Waals surface area contributed by atoms with Crippen molar-refractivity contribution in [3.63, 3.8) is 0 Å². The number of thiophene rings is 1. The van der Waals surface area contributed by atoms with Gasteiger partial charge in [0.2, 0.25) is 0 Å². The van der Waals surface area contributed by atoms with Crippen LogP contribution in [0.15, 0.2) is 34.9 Å². The summed E-state index contributed by atoms with van der Waals surface area (Å²) >= 11 is 3.43. The van der Waals surface area contributed by atoms with Gasteiger partial charge in [0, 0.05) is 5.39 Å². The maximum absolute atomic E-state index is 5.44. The Morgan fingerprint density at radius 2 is 1.89 bits per heavy atom. The first-order valence-corrected chi connectivity index (χ1v) is 7.70. The van der Waals surface area contributed by atoms with Crippen LogP contribution in [0.25, 0.3) is 30.4 Å². The highest BCUT2D eigenvalue weighted by Crippen LogP contribution is 2.39. The fourth-order valence-corrected chi connectivity index (χ4v) is 4.38. The number of rotatable bonds is 1. The molecule has 0 N–H and O–H groups in total. The largest absolute Gasteiger partial charge is 0.454 e. The number of hydrogen-bond acceptors (Lipinski definition) is 4. The lowest BCUT2D eigenvalue weighted by Gasteiger charge is -1.96. The van der Waals surface area contributed by atoms with Crippen molar-refractivity contribution in [2.75, 3.05) is 0 Å². The Labute approximate surface area is 118 Å². The van der Waals surface area contributed by atoms with Crippen LogP contribution in [0.1, 0.15) is 11.1 Å². The zero-order valence-corrected chi connectivity index (χ0v) is 12.2. The predicted octanol–water partition coefficient (Wildman–Crippen LogP) is 5.39. The standard InChI is InChI=1S/C15H11NOS2/c1-8-3-4-9(2)13-12(8)16-14(19-13)11-7-10-5-6-17-15(10)18-11/h3-7H,1-2H3. The van der Waals surface area contributed by atoms with Gasteiger partial charge in [0.05, 0.1) is 21.4 Å². The molecule has 19 heavy (non-hydrogen) atoms. The topological polar surface area (TPSA) is 26.0 Å². The van der Waals surface area contributed by atoms with E-state index in [2.05, 4.69) is 32.0 Å². The van der Waals surface area contributed by atoms with Crippen LogP contribution in [0, 0.1) is 13.8 Å². The van der Waals surface area contributed by atoms with Gasteiger partial charge in [0.15, 0.2) is 4.90 Å². The van der Waals surface area contributed by atoms with Gasteiger partial charge in [-0.15, -0.1) is 11.3 Å². The number of furan rings is 1. The van der Waals surface area contributed by atoms with Crippen LogP contribution in [0.2, 0.25) is 0 Å². The first-order chi connectivity index (χ1) is 9.22. The van der Waals surface area contributed by atoms with Crippen LogP contribution in [0.5, 0.6) is 0 Å². The van der Waals surface area contributed by atoms with Crippen LogP contribution in [0.3, 0.4) is 0 Å². The van der Waals surface area contributed by atoms with Gasteiger partial charge in [-0.25, -0.2) is 4.98 Å². The maximum atomic E-state index is 5.44. The molecule has 0 saturated carbocycles. The minimum absolute atomic E-state index is 0.975. The summed E-state index contributed by atoms with van der Waals surface area (Å²) in [6, 6.07) is 8.46. The first kappa shape index (κ1) is 11.2. The molecule has 4 aromatic rings. The number of hydrogen-bond donors (Lipinski definition) is 0. The molecule has 2 nitrogen and oxygen atoms in total.